The van der Waals surface area contributed by atoms with Crippen molar-refractivity contribution in [1.82, 2.24) is 5.32 Å². The Hall–Kier alpha value is -1.55. The first kappa shape index (κ1) is 11.5. The van der Waals surface area contributed by atoms with Crippen molar-refractivity contribution in [2.45, 2.75) is 13.0 Å². The lowest BCUT2D eigenvalue weighted by Crippen LogP contribution is -2.07. The summed E-state index contributed by atoms with van der Waals surface area (Å²) in [5.41, 5.74) is 1.76. The van der Waals surface area contributed by atoms with E-state index in [1.54, 1.807) is 13.2 Å². The van der Waals surface area contributed by atoms with E-state index in [1.807, 2.05) is 19.2 Å². The quantitative estimate of drug-likeness (QED) is 0.760. The average Bonchev–Trinajstić information content (AvgIpc) is 2.18. The Morgan fingerprint density at radius 3 is 2.80 bits per heavy atom. The molecule has 0 atom stereocenters. The van der Waals surface area contributed by atoms with Crippen LogP contribution < -0.4 is 10.1 Å². The molecule has 4 nitrogen and oxygen atoms in total. The summed E-state index contributed by atoms with van der Waals surface area (Å²) < 4.78 is 5.10. The molecule has 82 valence electrons. The third-order valence-corrected chi connectivity index (χ3v) is 2.07. The van der Waals surface area contributed by atoms with Crippen molar-refractivity contribution in [2.75, 3.05) is 14.2 Å². The molecule has 0 radical (unpaired) electrons. The van der Waals surface area contributed by atoms with E-state index in [0.717, 1.165) is 12.1 Å². The lowest BCUT2D eigenvalue weighted by molar-refractivity contribution is -0.136. The Balaban J connectivity index is 2.96. The molecule has 4 heteroatoms. The van der Waals surface area contributed by atoms with Crippen LogP contribution in [0.4, 0.5) is 0 Å². The van der Waals surface area contributed by atoms with E-state index in [0.29, 0.717) is 11.3 Å². The second-order valence-electron chi connectivity index (χ2n) is 3.25. The highest BCUT2D eigenvalue weighted by Crippen LogP contribution is 2.20. The van der Waals surface area contributed by atoms with Gasteiger partial charge in [0, 0.05) is 12.1 Å². The fourth-order valence-corrected chi connectivity index (χ4v) is 1.45. The summed E-state index contributed by atoms with van der Waals surface area (Å²) in [5, 5.41) is 11.8. The van der Waals surface area contributed by atoms with Gasteiger partial charge in [0.25, 0.3) is 0 Å². The summed E-state index contributed by atoms with van der Waals surface area (Å²) in [7, 11) is 3.39. The standard InChI is InChI=1S/C11H15NO3/c1-12-7-8-3-4-10(15-2)9(5-8)6-11(13)14/h3-5,12H,6-7H2,1-2H3,(H,13,14). The van der Waals surface area contributed by atoms with Gasteiger partial charge in [-0.1, -0.05) is 12.1 Å². The van der Waals surface area contributed by atoms with Crippen molar-refractivity contribution in [3.05, 3.63) is 29.3 Å². The number of benzene rings is 1. The molecule has 0 amide bonds. The van der Waals surface area contributed by atoms with Crippen LogP contribution in [0.1, 0.15) is 11.1 Å². The normalized spacial score (nSPS) is 10.0. The number of methoxy groups -OCH3 is 1. The van der Waals surface area contributed by atoms with Crippen LogP contribution in [0.2, 0.25) is 0 Å². The highest BCUT2D eigenvalue weighted by Gasteiger charge is 2.08. The molecule has 0 bridgehead atoms. The van der Waals surface area contributed by atoms with Crippen molar-refractivity contribution >= 4 is 5.97 Å². The van der Waals surface area contributed by atoms with Gasteiger partial charge in [0.1, 0.15) is 5.75 Å². The molecule has 0 fully saturated rings. The third-order valence-electron chi connectivity index (χ3n) is 2.07. The fourth-order valence-electron chi connectivity index (χ4n) is 1.45. The van der Waals surface area contributed by atoms with Gasteiger partial charge in [-0.25, -0.2) is 0 Å². The predicted octanol–water partition coefficient (Wildman–Crippen LogP) is 1.04. The zero-order chi connectivity index (χ0) is 11.3. The molecule has 2 N–H and O–H groups in total. The molecular formula is C11H15NO3. The number of hydrogen-bond acceptors (Lipinski definition) is 3. The van der Waals surface area contributed by atoms with Crippen molar-refractivity contribution in [3.8, 4) is 5.75 Å². The molecular weight excluding hydrogens is 194 g/mol. The number of carbonyl (C=O) groups is 1. The number of carboxylic acids is 1. The molecule has 0 aliphatic heterocycles. The van der Waals surface area contributed by atoms with Gasteiger partial charge >= 0.3 is 5.97 Å². The van der Waals surface area contributed by atoms with Gasteiger partial charge in [-0.05, 0) is 18.7 Å². The van der Waals surface area contributed by atoms with Gasteiger partial charge in [0.2, 0.25) is 0 Å². The Bertz CT molecular complexity index is 350. The van der Waals surface area contributed by atoms with Gasteiger partial charge in [-0.3, -0.25) is 4.79 Å². The molecule has 1 aromatic rings. The van der Waals surface area contributed by atoms with Gasteiger partial charge in [0.15, 0.2) is 0 Å². The molecule has 0 aliphatic carbocycles. The van der Waals surface area contributed by atoms with E-state index in [-0.39, 0.29) is 6.42 Å². The van der Waals surface area contributed by atoms with Gasteiger partial charge in [-0.2, -0.15) is 0 Å². The lowest BCUT2D eigenvalue weighted by atomic mass is 10.1. The molecule has 0 saturated carbocycles. The first-order valence-corrected chi connectivity index (χ1v) is 4.69. The molecule has 1 aromatic carbocycles. The summed E-state index contributed by atoms with van der Waals surface area (Å²) in [4.78, 5) is 10.6. The zero-order valence-corrected chi connectivity index (χ0v) is 8.91. The van der Waals surface area contributed by atoms with E-state index in [2.05, 4.69) is 5.32 Å². The molecule has 0 aromatic heterocycles. The molecule has 0 unspecified atom stereocenters. The number of hydrogen-bond donors (Lipinski definition) is 2. The SMILES string of the molecule is CNCc1ccc(OC)c(CC(=O)O)c1. The van der Waals surface area contributed by atoms with Crippen molar-refractivity contribution in [3.63, 3.8) is 0 Å². The molecule has 0 heterocycles. The molecule has 0 saturated heterocycles. The van der Waals surface area contributed by atoms with Crippen LogP contribution in [0.5, 0.6) is 5.75 Å². The van der Waals surface area contributed by atoms with E-state index >= 15 is 0 Å². The Labute approximate surface area is 88.9 Å². The highest BCUT2D eigenvalue weighted by molar-refractivity contribution is 5.71. The van der Waals surface area contributed by atoms with Crippen molar-refractivity contribution in [1.29, 1.82) is 0 Å². The minimum atomic E-state index is -0.852. The largest absolute Gasteiger partial charge is 0.496 e. The van der Waals surface area contributed by atoms with Crippen LogP contribution in [0.15, 0.2) is 18.2 Å². The zero-order valence-electron chi connectivity index (χ0n) is 8.91. The van der Waals surface area contributed by atoms with E-state index in [4.69, 9.17) is 9.84 Å². The Morgan fingerprint density at radius 2 is 2.27 bits per heavy atom. The van der Waals surface area contributed by atoms with E-state index in [1.165, 1.54) is 0 Å². The summed E-state index contributed by atoms with van der Waals surface area (Å²) in [6.07, 6.45) is -0.0132. The highest BCUT2D eigenvalue weighted by atomic mass is 16.5. The first-order valence-electron chi connectivity index (χ1n) is 4.69. The maximum Gasteiger partial charge on any atom is 0.307 e. The summed E-state index contributed by atoms with van der Waals surface area (Å²) in [6, 6.07) is 5.56. The molecule has 15 heavy (non-hydrogen) atoms. The van der Waals surface area contributed by atoms with Crippen LogP contribution in [-0.4, -0.2) is 25.2 Å². The Morgan fingerprint density at radius 1 is 1.53 bits per heavy atom. The van der Waals surface area contributed by atoms with Crippen LogP contribution in [0.3, 0.4) is 0 Å². The van der Waals surface area contributed by atoms with Crippen LogP contribution in [-0.2, 0) is 17.8 Å². The fraction of sp³-hybridized carbons (Fsp3) is 0.364. The summed E-state index contributed by atoms with van der Waals surface area (Å²) in [5.74, 6) is -0.229. The smallest absolute Gasteiger partial charge is 0.307 e. The lowest BCUT2D eigenvalue weighted by Gasteiger charge is -2.08. The molecule has 0 spiro atoms. The summed E-state index contributed by atoms with van der Waals surface area (Å²) in [6.45, 7) is 0.719. The van der Waals surface area contributed by atoms with Gasteiger partial charge in [0.05, 0.1) is 13.5 Å². The molecule has 0 aliphatic rings. The monoisotopic (exact) mass is 209 g/mol. The van der Waals surface area contributed by atoms with Crippen LogP contribution in [0, 0.1) is 0 Å². The number of nitrogens with one attached hydrogen (secondary N) is 1. The number of aliphatic carboxylic acids is 1. The van der Waals surface area contributed by atoms with Gasteiger partial charge in [-0.15, -0.1) is 0 Å². The number of ether oxygens (including phenoxy) is 1. The second-order valence-corrected chi connectivity index (χ2v) is 3.25. The topological polar surface area (TPSA) is 58.6 Å². The number of rotatable bonds is 5. The number of carboxylic acid groups (broad SMARTS) is 1. The minimum absolute atomic E-state index is 0.0132. The second kappa shape index (κ2) is 5.36. The molecule has 1 rings (SSSR count). The first-order chi connectivity index (χ1) is 7.17. The van der Waals surface area contributed by atoms with Gasteiger partial charge < -0.3 is 15.2 Å². The van der Waals surface area contributed by atoms with Crippen molar-refractivity contribution < 1.29 is 14.6 Å². The van der Waals surface area contributed by atoms with E-state index < -0.39 is 5.97 Å². The maximum absolute atomic E-state index is 10.6. The van der Waals surface area contributed by atoms with Crippen molar-refractivity contribution in [2.24, 2.45) is 0 Å². The predicted molar refractivity (Wildman–Crippen MR) is 57.1 cm³/mol. The average molecular weight is 209 g/mol. The van der Waals surface area contributed by atoms with Crippen LogP contribution in [0.25, 0.3) is 0 Å². The van der Waals surface area contributed by atoms with Crippen LogP contribution >= 0.6 is 0 Å². The van der Waals surface area contributed by atoms with E-state index in [9.17, 15) is 4.79 Å². The maximum atomic E-state index is 10.6. The summed E-state index contributed by atoms with van der Waals surface area (Å²) >= 11 is 0. The third kappa shape index (κ3) is 3.25. The Kier molecular flexibility index (Phi) is 4.12. The minimum Gasteiger partial charge on any atom is -0.496 e.